The van der Waals surface area contributed by atoms with Crippen LogP contribution in [-0.4, -0.2) is 34.9 Å². The molecule has 0 spiro atoms. The maximum atomic E-state index is 12.9. The van der Waals surface area contributed by atoms with Gasteiger partial charge in [-0.1, -0.05) is 20.3 Å². The highest BCUT2D eigenvalue weighted by atomic mass is 16.6. The molecule has 1 aromatic heterocycles. The van der Waals surface area contributed by atoms with Crippen molar-refractivity contribution in [3.05, 3.63) is 24.2 Å². The zero-order chi connectivity index (χ0) is 20.3. The second-order valence-electron chi connectivity index (χ2n) is 9.45. The van der Waals surface area contributed by atoms with Gasteiger partial charge in [0.1, 0.15) is 12.2 Å². The molecule has 1 aliphatic heterocycles. The molecule has 0 amide bonds. The van der Waals surface area contributed by atoms with Crippen LogP contribution in [0.3, 0.4) is 0 Å². The maximum Gasteiger partial charge on any atom is 0.312 e. The first-order chi connectivity index (χ1) is 13.1. The summed E-state index contributed by atoms with van der Waals surface area (Å²) in [5.74, 6) is -1.19. The number of rotatable bonds is 4. The van der Waals surface area contributed by atoms with E-state index in [0.29, 0.717) is 12.8 Å². The van der Waals surface area contributed by atoms with Crippen LogP contribution in [0.4, 0.5) is 0 Å². The number of hydrogen-bond acceptors (Lipinski definition) is 6. The number of furan rings is 1. The fourth-order valence-electron chi connectivity index (χ4n) is 6.58. The highest BCUT2D eigenvalue weighted by molar-refractivity contribution is 5.80. The highest BCUT2D eigenvalue weighted by Gasteiger charge is 2.74. The normalized spacial score (nSPS) is 44.7. The van der Waals surface area contributed by atoms with E-state index >= 15 is 0 Å². The minimum Gasteiger partial charge on any atom is -0.472 e. The Morgan fingerprint density at radius 2 is 2.11 bits per heavy atom. The van der Waals surface area contributed by atoms with Crippen LogP contribution in [0.2, 0.25) is 0 Å². The molecule has 4 rings (SSSR count). The molecular formula is C22H30O6. The molecule has 6 nitrogen and oxygen atoms in total. The molecule has 2 saturated carbocycles. The van der Waals surface area contributed by atoms with Crippen LogP contribution < -0.4 is 0 Å². The molecule has 1 saturated heterocycles. The summed E-state index contributed by atoms with van der Waals surface area (Å²) < 4.78 is 16.7. The molecule has 28 heavy (non-hydrogen) atoms. The zero-order valence-electron chi connectivity index (χ0n) is 17.1. The van der Waals surface area contributed by atoms with Crippen molar-refractivity contribution >= 4 is 11.9 Å². The second-order valence-corrected chi connectivity index (χ2v) is 9.45. The largest absolute Gasteiger partial charge is 0.472 e. The predicted molar refractivity (Wildman–Crippen MR) is 100 cm³/mol. The summed E-state index contributed by atoms with van der Waals surface area (Å²) in [6.45, 7) is 7.33. The average molecular weight is 390 g/mol. The van der Waals surface area contributed by atoms with Gasteiger partial charge in [-0.15, -0.1) is 0 Å². The van der Waals surface area contributed by atoms with Crippen LogP contribution in [0.15, 0.2) is 23.0 Å². The monoisotopic (exact) mass is 390 g/mol. The van der Waals surface area contributed by atoms with Crippen LogP contribution in [0, 0.1) is 22.7 Å². The van der Waals surface area contributed by atoms with Crippen LogP contribution in [0.25, 0.3) is 0 Å². The molecule has 3 aliphatic rings. The standard InChI is InChI=1S/C22H30O6/c1-13-16(27-14(2)23)17-18-20(3,19(24)28-17)8-5-9-21(18,4)22(13,25)10-6-15-7-11-26-12-15/h7,11-13,16-18,25H,5-6,8-10H2,1-4H3/t13-,16-,17-,18+,20+,21+,22-/m1/s1. The Bertz CT molecular complexity index is 772. The van der Waals surface area contributed by atoms with Gasteiger partial charge >= 0.3 is 11.9 Å². The van der Waals surface area contributed by atoms with Crippen molar-refractivity contribution in [2.24, 2.45) is 22.7 Å². The molecule has 2 aliphatic carbocycles. The summed E-state index contributed by atoms with van der Waals surface area (Å²) in [4.78, 5) is 24.7. The van der Waals surface area contributed by atoms with Crippen molar-refractivity contribution in [2.75, 3.05) is 0 Å². The third-order valence-electron chi connectivity index (χ3n) is 8.04. The molecular weight excluding hydrogens is 360 g/mol. The molecule has 2 heterocycles. The lowest BCUT2D eigenvalue weighted by Gasteiger charge is -2.62. The fourth-order valence-corrected chi connectivity index (χ4v) is 6.58. The number of aliphatic hydroxyl groups is 1. The van der Waals surface area contributed by atoms with E-state index in [2.05, 4.69) is 6.92 Å². The molecule has 0 bridgehead atoms. The summed E-state index contributed by atoms with van der Waals surface area (Å²) in [6.07, 6.45) is 5.76. The van der Waals surface area contributed by atoms with Crippen molar-refractivity contribution in [1.29, 1.82) is 0 Å². The van der Waals surface area contributed by atoms with E-state index < -0.39 is 34.6 Å². The van der Waals surface area contributed by atoms with Crippen LogP contribution in [0.1, 0.15) is 58.9 Å². The lowest BCUT2D eigenvalue weighted by atomic mass is 9.43. The van der Waals surface area contributed by atoms with E-state index in [1.807, 2.05) is 19.9 Å². The van der Waals surface area contributed by atoms with Gasteiger partial charge in [0.2, 0.25) is 0 Å². The number of esters is 2. The Morgan fingerprint density at radius 3 is 2.75 bits per heavy atom. The van der Waals surface area contributed by atoms with Crippen molar-refractivity contribution in [3.63, 3.8) is 0 Å². The molecule has 7 atom stereocenters. The van der Waals surface area contributed by atoms with E-state index in [1.165, 1.54) is 6.92 Å². The molecule has 154 valence electrons. The summed E-state index contributed by atoms with van der Waals surface area (Å²) in [5.41, 5.74) is -1.23. The van der Waals surface area contributed by atoms with E-state index in [1.54, 1.807) is 12.5 Å². The van der Waals surface area contributed by atoms with Gasteiger partial charge in [-0.3, -0.25) is 9.59 Å². The summed E-state index contributed by atoms with van der Waals surface area (Å²) >= 11 is 0. The first-order valence-corrected chi connectivity index (χ1v) is 10.3. The van der Waals surface area contributed by atoms with Gasteiger partial charge in [0.05, 0.1) is 23.5 Å². The number of carbonyl (C=O) groups excluding carboxylic acids is 2. The quantitative estimate of drug-likeness (QED) is 0.794. The van der Waals surface area contributed by atoms with Gasteiger partial charge in [-0.25, -0.2) is 0 Å². The molecule has 1 N–H and O–H groups in total. The topological polar surface area (TPSA) is 86.0 Å². The van der Waals surface area contributed by atoms with E-state index in [-0.39, 0.29) is 17.8 Å². The molecule has 0 radical (unpaired) electrons. The third kappa shape index (κ3) is 2.49. The van der Waals surface area contributed by atoms with Gasteiger partial charge < -0.3 is 19.0 Å². The van der Waals surface area contributed by atoms with Crippen molar-refractivity contribution in [1.82, 2.24) is 0 Å². The number of hydrogen-bond donors (Lipinski definition) is 1. The molecule has 0 unspecified atom stereocenters. The lowest BCUT2D eigenvalue weighted by molar-refractivity contribution is -0.257. The Morgan fingerprint density at radius 1 is 1.36 bits per heavy atom. The Kier molecular flexibility index (Phi) is 4.42. The first kappa shape index (κ1) is 19.5. The average Bonchev–Trinajstić information content (AvgIpc) is 3.23. The molecule has 3 fully saturated rings. The van der Waals surface area contributed by atoms with Gasteiger partial charge in [0.25, 0.3) is 0 Å². The lowest BCUT2D eigenvalue weighted by Crippen LogP contribution is -2.70. The first-order valence-electron chi connectivity index (χ1n) is 10.3. The van der Waals surface area contributed by atoms with Crippen molar-refractivity contribution in [3.8, 4) is 0 Å². The molecule has 1 aromatic rings. The summed E-state index contributed by atoms with van der Waals surface area (Å²) in [7, 11) is 0. The summed E-state index contributed by atoms with van der Waals surface area (Å²) in [6, 6.07) is 1.90. The number of aryl methyl sites for hydroxylation is 1. The van der Waals surface area contributed by atoms with E-state index in [9.17, 15) is 14.7 Å². The predicted octanol–water partition coefficient (Wildman–Crippen LogP) is 3.26. The van der Waals surface area contributed by atoms with Gasteiger partial charge in [0, 0.05) is 24.2 Å². The Hall–Kier alpha value is -1.82. The van der Waals surface area contributed by atoms with Gasteiger partial charge in [-0.2, -0.15) is 0 Å². The SMILES string of the molecule is CC(=O)O[C@H]1[C@H]2OC(=O)[C@@]3(C)CCC[C@@](C)([C@@H]23)[C@@](O)(CCc2ccoc2)[C@@H]1C. The van der Waals surface area contributed by atoms with Crippen LogP contribution >= 0.6 is 0 Å². The van der Waals surface area contributed by atoms with Gasteiger partial charge in [0.15, 0.2) is 0 Å². The fraction of sp³-hybridized carbons (Fsp3) is 0.727. The highest BCUT2D eigenvalue weighted by Crippen LogP contribution is 2.67. The summed E-state index contributed by atoms with van der Waals surface area (Å²) in [5, 5.41) is 12.2. The second kappa shape index (κ2) is 6.34. The number of ether oxygens (including phenoxy) is 2. The van der Waals surface area contributed by atoms with Crippen LogP contribution in [-0.2, 0) is 25.5 Å². The minimum atomic E-state index is -1.10. The van der Waals surface area contributed by atoms with Crippen molar-refractivity contribution < 1.29 is 28.6 Å². The Labute approximate surface area is 165 Å². The van der Waals surface area contributed by atoms with Crippen molar-refractivity contribution in [2.45, 2.75) is 77.6 Å². The zero-order valence-corrected chi connectivity index (χ0v) is 17.1. The molecule has 0 aromatic carbocycles. The number of carbonyl (C=O) groups is 2. The Balaban J connectivity index is 1.78. The molecule has 6 heteroatoms. The van der Waals surface area contributed by atoms with E-state index in [0.717, 1.165) is 24.8 Å². The maximum absolute atomic E-state index is 12.9. The minimum absolute atomic E-state index is 0.184. The third-order valence-corrected chi connectivity index (χ3v) is 8.04. The van der Waals surface area contributed by atoms with Gasteiger partial charge in [-0.05, 0) is 44.2 Å². The smallest absolute Gasteiger partial charge is 0.312 e. The van der Waals surface area contributed by atoms with Crippen LogP contribution in [0.5, 0.6) is 0 Å². The van der Waals surface area contributed by atoms with E-state index in [4.69, 9.17) is 13.9 Å².